The summed E-state index contributed by atoms with van der Waals surface area (Å²) in [6.07, 6.45) is 0.0733. The topological polar surface area (TPSA) is 77.8 Å². The number of amides is 1. The van der Waals surface area contributed by atoms with Crippen LogP contribution in [0.1, 0.15) is 27.8 Å². The van der Waals surface area contributed by atoms with Crippen LogP contribution in [-0.2, 0) is 16.1 Å². The lowest BCUT2D eigenvalue weighted by atomic mass is 10.1. The molecule has 0 aliphatic heterocycles. The fraction of sp³-hybridized carbons (Fsp3) is 0.143. The third-order valence-corrected chi connectivity index (χ3v) is 3.98. The molecule has 3 rings (SSSR count). The number of esters is 1. The standard InChI is InChI=1S/C21H18FNO5/c1-26-17-10-4-14(5-11-17)13-23-20(24)19(15-6-8-16(22)9-7-15)28-21(25)18-3-2-12-27-18/h2-12,19H,13H2,1H3,(H,23,24)/t19-/m0/s1. The number of carbonyl (C=O) groups excluding carboxylic acids is 2. The van der Waals surface area contributed by atoms with Gasteiger partial charge in [0.05, 0.1) is 13.4 Å². The summed E-state index contributed by atoms with van der Waals surface area (Å²) in [6.45, 7) is 0.221. The van der Waals surface area contributed by atoms with Crippen molar-refractivity contribution < 1.29 is 27.9 Å². The van der Waals surface area contributed by atoms with Crippen molar-refractivity contribution in [3.63, 3.8) is 0 Å². The minimum Gasteiger partial charge on any atom is -0.497 e. The third-order valence-electron chi connectivity index (χ3n) is 3.98. The Hall–Kier alpha value is -3.61. The Morgan fingerprint density at radius 1 is 1.07 bits per heavy atom. The Labute approximate surface area is 160 Å². The largest absolute Gasteiger partial charge is 0.497 e. The van der Waals surface area contributed by atoms with Gasteiger partial charge in [0.2, 0.25) is 11.9 Å². The van der Waals surface area contributed by atoms with Gasteiger partial charge in [0.1, 0.15) is 11.6 Å². The highest BCUT2D eigenvalue weighted by atomic mass is 19.1. The lowest BCUT2D eigenvalue weighted by Crippen LogP contribution is -2.31. The number of nitrogens with one attached hydrogen (secondary N) is 1. The highest BCUT2D eigenvalue weighted by Gasteiger charge is 2.26. The predicted molar refractivity (Wildman–Crippen MR) is 98.1 cm³/mol. The monoisotopic (exact) mass is 383 g/mol. The van der Waals surface area contributed by atoms with Crippen molar-refractivity contribution in [2.24, 2.45) is 0 Å². The van der Waals surface area contributed by atoms with Gasteiger partial charge in [-0.25, -0.2) is 9.18 Å². The number of furan rings is 1. The Bertz CT molecular complexity index is 920. The first-order chi connectivity index (χ1) is 13.6. The molecule has 0 bridgehead atoms. The molecule has 144 valence electrons. The van der Waals surface area contributed by atoms with Gasteiger partial charge < -0.3 is 19.2 Å². The predicted octanol–water partition coefficient (Wildman–Crippen LogP) is 3.64. The molecule has 1 atom stereocenters. The lowest BCUT2D eigenvalue weighted by Gasteiger charge is -2.17. The maximum absolute atomic E-state index is 13.2. The van der Waals surface area contributed by atoms with E-state index in [1.807, 2.05) is 0 Å². The number of hydrogen-bond donors (Lipinski definition) is 1. The third kappa shape index (κ3) is 4.76. The number of benzene rings is 2. The van der Waals surface area contributed by atoms with E-state index in [2.05, 4.69) is 5.32 Å². The number of ether oxygens (including phenoxy) is 2. The second-order valence-electron chi connectivity index (χ2n) is 5.88. The van der Waals surface area contributed by atoms with Crippen LogP contribution in [0.2, 0.25) is 0 Å². The number of halogens is 1. The fourth-order valence-electron chi connectivity index (χ4n) is 2.50. The SMILES string of the molecule is COc1ccc(CNC(=O)[C@@H](OC(=O)c2ccco2)c2ccc(F)cc2)cc1. The first-order valence-electron chi connectivity index (χ1n) is 8.47. The molecule has 28 heavy (non-hydrogen) atoms. The number of hydrogen-bond acceptors (Lipinski definition) is 5. The Morgan fingerprint density at radius 3 is 2.39 bits per heavy atom. The van der Waals surface area contributed by atoms with Crippen molar-refractivity contribution in [1.29, 1.82) is 0 Å². The molecule has 1 heterocycles. The first kappa shape index (κ1) is 19.2. The smallest absolute Gasteiger partial charge is 0.375 e. The fourth-order valence-corrected chi connectivity index (χ4v) is 2.50. The van der Waals surface area contributed by atoms with E-state index in [1.54, 1.807) is 31.4 Å². The summed E-state index contributed by atoms with van der Waals surface area (Å²) in [5.74, 6) is -1.12. The van der Waals surface area contributed by atoms with Crippen molar-refractivity contribution in [3.8, 4) is 5.75 Å². The summed E-state index contributed by atoms with van der Waals surface area (Å²) < 4.78 is 28.7. The van der Waals surface area contributed by atoms with E-state index in [0.717, 1.165) is 5.56 Å². The summed E-state index contributed by atoms with van der Waals surface area (Å²) in [5.41, 5.74) is 1.18. The molecule has 0 saturated heterocycles. The van der Waals surface area contributed by atoms with Gasteiger partial charge in [0.25, 0.3) is 5.91 Å². The molecule has 0 saturated carbocycles. The number of carbonyl (C=O) groups is 2. The highest BCUT2D eigenvalue weighted by Crippen LogP contribution is 2.21. The molecule has 1 amide bonds. The van der Waals surface area contributed by atoms with Gasteiger partial charge in [-0.3, -0.25) is 4.79 Å². The minimum absolute atomic E-state index is 0.0323. The second-order valence-corrected chi connectivity index (χ2v) is 5.88. The summed E-state index contributed by atoms with van der Waals surface area (Å²) in [5, 5.41) is 2.72. The molecule has 0 unspecified atom stereocenters. The van der Waals surface area contributed by atoms with Gasteiger partial charge in [-0.05, 0) is 42.0 Å². The molecule has 3 aromatic rings. The zero-order valence-electron chi connectivity index (χ0n) is 15.1. The average molecular weight is 383 g/mol. The molecule has 0 aliphatic rings. The quantitative estimate of drug-likeness (QED) is 0.630. The maximum atomic E-state index is 13.2. The summed E-state index contributed by atoms with van der Waals surface area (Å²) in [7, 11) is 1.57. The lowest BCUT2D eigenvalue weighted by molar-refractivity contribution is -0.130. The first-order valence-corrected chi connectivity index (χ1v) is 8.47. The van der Waals surface area contributed by atoms with Crippen molar-refractivity contribution in [3.05, 3.63) is 89.6 Å². The molecule has 1 N–H and O–H groups in total. The van der Waals surface area contributed by atoms with E-state index in [1.165, 1.54) is 42.7 Å². The van der Waals surface area contributed by atoms with Crippen LogP contribution in [0.25, 0.3) is 0 Å². The van der Waals surface area contributed by atoms with E-state index in [9.17, 15) is 14.0 Å². The van der Waals surface area contributed by atoms with Crippen LogP contribution in [0.4, 0.5) is 4.39 Å². The minimum atomic E-state index is -1.25. The molecule has 7 heteroatoms. The van der Waals surface area contributed by atoms with Crippen LogP contribution in [-0.4, -0.2) is 19.0 Å². The number of rotatable bonds is 7. The van der Waals surface area contributed by atoms with Gasteiger partial charge in [0.15, 0.2) is 0 Å². The van der Waals surface area contributed by atoms with E-state index in [-0.39, 0.29) is 12.3 Å². The molecule has 6 nitrogen and oxygen atoms in total. The van der Waals surface area contributed by atoms with Gasteiger partial charge in [-0.1, -0.05) is 24.3 Å². The highest BCUT2D eigenvalue weighted by molar-refractivity contribution is 5.90. The Kier molecular flexibility index (Phi) is 6.06. The van der Waals surface area contributed by atoms with Crippen LogP contribution < -0.4 is 10.1 Å². The molecule has 0 aliphatic carbocycles. The van der Waals surface area contributed by atoms with Crippen molar-refractivity contribution in [2.75, 3.05) is 7.11 Å². The Morgan fingerprint density at radius 2 is 1.79 bits per heavy atom. The van der Waals surface area contributed by atoms with Crippen LogP contribution >= 0.6 is 0 Å². The summed E-state index contributed by atoms with van der Waals surface area (Å²) in [4.78, 5) is 24.9. The zero-order chi connectivity index (χ0) is 19.9. The molecule has 0 spiro atoms. The van der Waals surface area contributed by atoms with Crippen molar-refractivity contribution in [2.45, 2.75) is 12.6 Å². The van der Waals surface area contributed by atoms with Crippen LogP contribution in [0.15, 0.2) is 71.3 Å². The average Bonchev–Trinajstić information content (AvgIpc) is 3.26. The molecular weight excluding hydrogens is 365 g/mol. The Balaban J connectivity index is 1.73. The van der Waals surface area contributed by atoms with Crippen LogP contribution in [0.5, 0.6) is 5.75 Å². The normalized spacial score (nSPS) is 11.5. The number of methoxy groups -OCH3 is 1. The van der Waals surface area contributed by atoms with Crippen LogP contribution in [0, 0.1) is 5.82 Å². The van der Waals surface area contributed by atoms with Gasteiger partial charge in [0, 0.05) is 12.1 Å². The van der Waals surface area contributed by atoms with E-state index in [4.69, 9.17) is 13.9 Å². The maximum Gasteiger partial charge on any atom is 0.375 e. The molecule has 0 fully saturated rings. The molecule has 1 aromatic heterocycles. The van der Waals surface area contributed by atoms with Crippen LogP contribution in [0.3, 0.4) is 0 Å². The van der Waals surface area contributed by atoms with Gasteiger partial charge in [-0.15, -0.1) is 0 Å². The summed E-state index contributed by atoms with van der Waals surface area (Å²) in [6, 6.07) is 15.3. The van der Waals surface area contributed by atoms with Crippen molar-refractivity contribution >= 4 is 11.9 Å². The summed E-state index contributed by atoms with van der Waals surface area (Å²) >= 11 is 0. The molecule has 2 aromatic carbocycles. The van der Waals surface area contributed by atoms with E-state index < -0.39 is 23.8 Å². The van der Waals surface area contributed by atoms with Gasteiger partial charge in [-0.2, -0.15) is 0 Å². The van der Waals surface area contributed by atoms with E-state index >= 15 is 0 Å². The molecular formula is C21H18FNO5. The molecule has 0 radical (unpaired) electrons. The van der Waals surface area contributed by atoms with Gasteiger partial charge >= 0.3 is 5.97 Å². The second kappa shape index (κ2) is 8.85. The van der Waals surface area contributed by atoms with E-state index in [0.29, 0.717) is 11.3 Å². The van der Waals surface area contributed by atoms with Crippen molar-refractivity contribution in [1.82, 2.24) is 5.32 Å². The zero-order valence-corrected chi connectivity index (χ0v) is 15.1.